The van der Waals surface area contributed by atoms with Gasteiger partial charge >= 0.3 is 0 Å². The third kappa shape index (κ3) is 2.89. The van der Waals surface area contributed by atoms with Crippen LogP contribution in [0.1, 0.15) is 5.69 Å². The summed E-state index contributed by atoms with van der Waals surface area (Å²) in [5.74, 6) is 1.10. The van der Waals surface area contributed by atoms with Gasteiger partial charge in [-0.3, -0.25) is 4.98 Å². The van der Waals surface area contributed by atoms with Crippen molar-refractivity contribution in [3.63, 3.8) is 0 Å². The van der Waals surface area contributed by atoms with Crippen molar-refractivity contribution >= 4 is 17.4 Å². The van der Waals surface area contributed by atoms with Crippen LogP contribution in [0.15, 0.2) is 47.8 Å². The maximum absolute atomic E-state index is 8.57. The predicted molar refractivity (Wildman–Crippen MR) is 68.3 cm³/mol. The summed E-state index contributed by atoms with van der Waals surface area (Å²) in [5.41, 5.74) is 5.78. The molecule has 0 aliphatic carbocycles. The summed E-state index contributed by atoms with van der Waals surface area (Å²) >= 11 is 5.77. The Bertz CT molecular complexity index is 570. The van der Waals surface area contributed by atoms with Gasteiger partial charge < -0.3 is 15.7 Å². The zero-order valence-corrected chi connectivity index (χ0v) is 10.0. The van der Waals surface area contributed by atoms with Crippen LogP contribution >= 0.6 is 11.6 Å². The molecule has 2 rings (SSSR count). The molecule has 0 saturated heterocycles. The average Bonchev–Trinajstić information content (AvgIpc) is 2.41. The maximum atomic E-state index is 8.57. The lowest BCUT2D eigenvalue weighted by molar-refractivity contribution is 0.318. The molecule has 0 amide bonds. The maximum Gasteiger partial charge on any atom is 0.188 e. The summed E-state index contributed by atoms with van der Waals surface area (Å²) in [5, 5.41) is 12.1. The number of amidine groups is 1. The van der Waals surface area contributed by atoms with Gasteiger partial charge in [0.25, 0.3) is 0 Å². The fourth-order valence-electron chi connectivity index (χ4n) is 1.30. The molecule has 0 radical (unpaired) electrons. The summed E-state index contributed by atoms with van der Waals surface area (Å²) in [4.78, 5) is 3.95. The Morgan fingerprint density at radius 2 is 1.94 bits per heavy atom. The van der Waals surface area contributed by atoms with E-state index in [1.165, 1.54) is 6.20 Å². The van der Waals surface area contributed by atoms with Crippen molar-refractivity contribution in [2.75, 3.05) is 0 Å². The van der Waals surface area contributed by atoms with Gasteiger partial charge in [0.05, 0.1) is 0 Å². The van der Waals surface area contributed by atoms with Crippen LogP contribution < -0.4 is 10.5 Å². The second-order valence-electron chi connectivity index (χ2n) is 3.42. The van der Waals surface area contributed by atoms with Crippen molar-refractivity contribution in [2.45, 2.75) is 0 Å². The van der Waals surface area contributed by atoms with Crippen LogP contribution in [0, 0.1) is 0 Å². The first-order chi connectivity index (χ1) is 8.69. The zero-order chi connectivity index (χ0) is 13.0. The van der Waals surface area contributed by atoms with Crippen molar-refractivity contribution in [2.24, 2.45) is 10.9 Å². The van der Waals surface area contributed by atoms with Gasteiger partial charge in [-0.1, -0.05) is 16.8 Å². The molecule has 2 aromatic rings. The van der Waals surface area contributed by atoms with Crippen LogP contribution in [0.3, 0.4) is 0 Å². The number of pyridine rings is 1. The molecular weight excluding hydrogens is 254 g/mol. The first-order valence-corrected chi connectivity index (χ1v) is 5.44. The SMILES string of the molecule is NC(=NO)c1cc(Oc2ccc(Cl)cc2)ccn1. The number of ether oxygens (including phenoxy) is 1. The highest BCUT2D eigenvalue weighted by molar-refractivity contribution is 6.30. The van der Waals surface area contributed by atoms with E-state index < -0.39 is 0 Å². The minimum Gasteiger partial charge on any atom is -0.457 e. The number of nitrogens with zero attached hydrogens (tertiary/aromatic N) is 2. The van der Waals surface area contributed by atoms with E-state index in [2.05, 4.69) is 10.1 Å². The van der Waals surface area contributed by atoms with Crippen LogP contribution in [-0.2, 0) is 0 Å². The second kappa shape index (κ2) is 5.37. The van der Waals surface area contributed by atoms with Crippen LogP contribution in [0.25, 0.3) is 0 Å². The molecule has 1 aromatic carbocycles. The van der Waals surface area contributed by atoms with Gasteiger partial charge in [0.15, 0.2) is 5.84 Å². The fraction of sp³-hybridized carbons (Fsp3) is 0. The normalized spacial score (nSPS) is 11.3. The quantitative estimate of drug-likeness (QED) is 0.386. The number of hydrogen-bond donors (Lipinski definition) is 2. The van der Waals surface area contributed by atoms with E-state index in [0.29, 0.717) is 22.2 Å². The number of hydrogen-bond acceptors (Lipinski definition) is 4. The largest absolute Gasteiger partial charge is 0.457 e. The predicted octanol–water partition coefficient (Wildman–Crippen LogP) is 2.62. The van der Waals surface area contributed by atoms with Crippen molar-refractivity contribution in [3.05, 3.63) is 53.3 Å². The smallest absolute Gasteiger partial charge is 0.188 e. The lowest BCUT2D eigenvalue weighted by atomic mass is 10.3. The van der Waals surface area contributed by atoms with Gasteiger partial charge in [-0.25, -0.2) is 0 Å². The first kappa shape index (κ1) is 12.2. The van der Waals surface area contributed by atoms with E-state index in [9.17, 15) is 0 Å². The van der Waals surface area contributed by atoms with Crippen molar-refractivity contribution in [1.82, 2.24) is 4.98 Å². The molecule has 6 heteroatoms. The molecule has 0 aliphatic rings. The second-order valence-corrected chi connectivity index (χ2v) is 3.85. The number of rotatable bonds is 3. The highest BCUT2D eigenvalue weighted by atomic mass is 35.5. The Kier molecular flexibility index (Phi) is 3.64. The van der Waals surface area contributed by atoms with E-state index in [1.54, 1.807) is 36.4 Å². The molecule has 5 nitrogen and oxygen atoms in total. The van der Waals surface area contributed by atoms with E-state index in [1.807, 2.05) is 0 Å². The highest BCUT2D eigenvalue weighted by Crippen LogP contribution is 2.22. The highest BCUT2D eigenvalue weighted by Gasteiger charge is 2.04. The number of aromatic nitrogens is 1. The molecule has 18 heavy (non-hydrogen) atoms. The van der Waals surface area contributed by atoms with Gasteiger partial charge in [-0.05, 0) is 30.3 Å². The van der Waals surface area contributed by atoms with Crippen LogP contribution in [0.2, 0.25) is 5.02 Å². The van der Waals surface area contributed by atoms with E-state index >= 15 is 0 Å². The molecular formula is C12H10ClN3O2. The molecule has 0 bridgehead atoms. The molecule has 0 fully saturated rings. The molecule has 0 saturated carbocycles. The van der Waals surface area contributed by atoms with Gasteiger partial charge in [-0.15, -0.1) is 0 Å². The molecule has 0 aliphatic heterocycles. The van der Waals surface area contributed by atoms with Crippen molar-refractivity contribution in [1.29, 1.82) is 0 Å². The standard InChI is InChI=1S/C12H10ClN3O2/c13-8-1-3-9(4-2-8)18-10-5-6-15-11(7-10)12(14)16-17/h1-7,17H,(H2,14,16). The van der Waals surface area contributed by atoms with Crippen LogP contribution in [0.4, 0.5) is 0 Å². The lowest BCUT2D eigenvalue weighted by Gasteiger charge is -2.06. The minimum absolute atomic E-state index is 0.0726. The monoisotopic (exact) mass is 263 g/mol. The first-order valence-electron chi connectivity index (χ1n) is 5.06. The van der Waals surface area contributed by atoms with E-state index in [4.69, 9.17) is 27.3 Å². The molecule has 0 spiro atoms. The van der Waals surface area contributed by atoms with Gasteiger partial charge in [0.2, 0.25) is 0 Å². The lowest BCUT2D eigenvalue weighted by Crippen LogP contribution is -2.14. The van der Waals surface area contributed by atoms with Gasteiger partial charge in [0, 0.05) is 17.3 Å². The summed E-state index contributed by atoms with van der Waals surface area (Å²) in [6.07, 6.45) is 1.51. The Balaban J connectivity index is 2.22. The number of nitrogens with two attached hydrogens (primary N) is 1. The molecule has 0 unspecified atom stereocenters. The van der Waals surface area contributed by atoms with Gasteiger partial charge in [-0.2, -0.15) is 0 Å². The summed E-state index contributed by atoms with van der Waals surface area (Å²) in [7, 11) is 0. The van der Waals surface area contributed by atoms with E-state index in [0.717, 1.165) is 0 Å². The fourth-order valence-corrected chi connectivity index (χ4v) is 1.43. The van der Waals surface area contributed by atoms with Crippen molar-refractivity contribution in [3.8, 4) is 11.5 Å². The third-order valence-corrected chi connectivity index (χ3v) is 2.40. The summed E-state index contributed by atoms with van der Waals surface area (Å²) in [6.45, 7) is 0. The Labute approximate surface area is 108 Å². The minimum atomic E-state index is -0.0726. The van der Waals surface area contributed by atoms with Crippen LogP contribution in [0.5, 0.6) is 11.5 Å². The number of oxime groups is 1. The number of halogens is 1. The molecule has 1 aromatic heterocycles. The zero-order valence-electron chi connectivity index (χ0n) is 9.25. The molecule has 92 valence electrons. The molecule has 3 N–H and O–H groups in total. The Morgan fingerprint density at radius 1 is 1.22 bits per heavy atom. The average molecular weight is 264 g/mol. The molecule has 1 heterocycles. The Morgan fingerprint density at radius 3 is 2.61 bits per heavy atom. The molecule has 0 atom stereocenters. The number of benzene rings is 1. The Hall–Kier alpha value is -2.27. The van der Waals surface area contributed by atoms with E-state index in [-0.39, 0.29) is 5.84 Å². The van der Waals surface area contributed by atoms with Gasteiger partial charge in [0.1, 0.15) is 17.2 Å². The van der Waals surface area contributed by atoms with Crippen molar-refractivity contribution < 1.29 is 9.94 Å². The third-order valence-electron chi connectivity index (χ3n) is 2.15. The summed E-state index contributed by atoms with van der Waals surface area (Å²) < 4.78 is 5.58. The topological polar surface area (TPSA) is 80.7 Å². The summed E-state index contributed by atoms with van der Waals surface area (Å²) in [6, 6.07) is 10.2. The van der Waals surface area contributed by atoms with Crippen LogP contribution in [-0.4, -0.2) is 16.0 Å².